The van der Waals surface area contributed by atoms with E-state index in [1.165, 1.54) is 0 Å². The number of nitrogens with zero attached hydrogens (tertiary/aromatic N) is 4. The summed E-state index contributed by atoms with van der Waals surface area (Å²) in [6, 6.07) is 19.7. The Morgan fingerprint density at radius 2 is 1.77 bits per heavy atom. The van der Waals surface area contributed by atoms with E-state index in [2.05, 4.69) is 15.6 Å². The lowest BCUT2D eigenvalue weighted by Gasteiger charge is -2.33. The molecule has 0 spiro atoms. The molecule has 0 saturated carbocycles. The van der Waals surface area contributed by atoms with E-state index in [0.717, 1.165) is 17.5 Å². The summed E-state index contributed by atoms with van der Waals surface area (Å²) in [5.74, 6) is 0.522. The molecule has 1 atom stereocenters. The number of benzene rings is 2. The Balaban J connectivity index is 1.74. The minimum Gasteiger partial charge on any atom is -0.464 e. The van der Waals surface area contributed by atoms with Crippen LogP contribution in [0.25, 0.3) is 11.0 Å². The van der Waals surface area contributed by atoms with Crippen molar-refractivity contribution in [2.75, 3.05) is 0 Å². The van der Waals surface area contributed by atoms with Gasteiger partial charge in [-0.15, -0.1) is 5.10 Å². The lowest BCUT2D eigenvalue weighted by molar-refractivity contribution is -0.143. The lowest BCUT2D eigenvalue weighted by atomic mass is 10.0. The zero-order valence-corrected chi connectivity index (χ0v) is 20.6. The van der Waals surface area contributed by atoms with E-state index in [1.54, 1.807) is 21.7 Å². The van der Waals surface area contributed by atoms with Crippen molar-refractivity contribution in [2.24, 2.45) is 0 Å². The molecule has 4 aromatic rings. The number of carbonyl (C=O) groups is 2. The van der Waals surface area contributed by atoms with E-state index in [-0.39, 0.29) is 24.9 Å². The fourth-order valence-electron chi connectivity index (χ4n) is 3.87. The Morgan fingerprint density at radius 3 is 2.46 bits per heavy atom. The normalized spacial score (nSPS) is 12.5. The zero-order valence-electron chi connectivity index (χ0n) is 20.6. The molecule has 2 amide bonds. The van der Waals surface area contributed by atoms with Crippen LogP contribution in [0, 0.1) is 6.92 Å². The van der Waals surface area contributed by atoms with E-state index < -0.39 is 11.6 Å². The molecule has 2 heterocycles. The van der Waals surface area contributed by atoms with Gasteiger partial charge in [0, 0.05) is 12.1 Å². The van der Waals surface area contributed by atoms with Crippen LogP contribution in [-0.4, -0.2) is 37.2 Å². The first kappa shape index (κ1) is 24.2. The third-order valence-corrected chi connectivity index (χ3v) is 6.16. The Morgan fingerprint density at radius 1 is 1.06 bits per heavy atom. The van der Waals surface area contributed by atoms with Gasteiger partial charge in [0.2, 0.25) is 5.91 Å². The number of para-hydroxylation sites is 1. The van der Waals surface area contributed by atoms with E-state index in [9.17, 15) is 9.59 Å². The highest BCUT2D eigenvalue weighted by Crippen LogP contribution is 2.27. The van der Waals surface area contributed by atoms with Gasteiger partial charge in [0.15, 0.2) is 6.04 Å². The van der Waals surface area contributed by atoms with Crippen LogP contribution >= 0.6 is 0 Å². The number of fused-ring (bicyclic) bond motifs is 1. The smallest absolute Gasteiger partial charge is 0.251 e. The number of furan rings is 1. The number of amides is 2. The summed E-state index contributed by atoms with van der Waals surface area (Å²) in [4.78, 5) is 29.1. The van der Waals surface area contributed by atoms with Crippen LogP contribution in [0.2, 0.25) is 0 Å². The summed E-state index contributed by atoms with van der Waals surface area (Å²) in [7, 11) is 0. The van der Waals surface area contributed by atoms with E-state index in [1.807, 2.05) is 82.3 Å². The fraction of sp³-hybridized carbons (Fsp3) is 0.333. The third-order valence-electron chi connectivity index (χ3n) is 6.16. The molecule has 8 nitrogen and oxygen atoms in total. The number of hydrogen-bond donors (Lipinski definition) is 1. The maximum absolute atomic E-state index is 13.8. The molecule has 182 valence electrons. The van der Waals surface area contributed by atoms with Gasteiger partial charge in [-0.1, -0.05) is 54.6 Å². The molecule has 1 N–H and O–H groups in total. The van der Waals surface area contributed by atoms with Gasteiger partial charge in [-0.2, -0.15) is 0 Å². The Bertz CT molecular complexity index is 1310. The molecular formula is C27H31N5O3. The number of rotatable bonds is 9. The van der Waals surface area contributed by atoms with Crippen LogP contribution in [0.3, 0.4) is 0 Å². The highest BCUT2D eigenvalue weighted by Gasteiger charge is 2.36. The zero-order chi connectivity index (χ0) is 25.0. The molecule has 0 bridgehead atoms. The Hall–Kier alpha value is -3.94. The fourth-order valence-corrected chi connectivity index (χ4v) is 3.87. The molecule has 0 radical (unpaired) electrons. The summed E-state index contributed by atoms with van der Waals surface area (Å²) < 4.78 is 7.46. The van der Waals surface area contributed by atoms with Gasteiger partial charge in [0.1, 0.15) is 23.6 Å². The molecule has 0 aliphatic heterocycles. The Labute approximate surface area is 204 Å². The quantitative estimate of drug-likeness (QED) is 0.389. The van der Waals surface area contributed by atoms with Crippen molar-refractivity contribution >= 4 is 22.8 Å². The molecule has 0 aliphatic carbocycles. The van der Waals surface area contributed by atoms with Gasteiger partial charge in [-0.25, -0.2) is 4.68 Å². The van der Waals surface area contributed by atoms with Gasteiger partial charge >= 0.3 is 0 Å². The minimum atomic E-state index is -0.947. The van der Waals surface area contributed by atoms with Gasteiger partial charge in [0.05, 0.1) is 5.52 Å². The van der Waals surface area contributed by atoms with Crippen molar-refractivity contribution in [2.45, 2.75) is 58.8 Å². The summed E-state index contributed by atoms with van der Waals surface area (Å²) >= 11 is 0. The molecular weight excluding hydrogens is 442 g/mol. The minimum absolute atomic E-state index is 0.0615. The summed E-state index contributed by atoms with van der Waals surface area (Å²) in [6.45, 7) is 7.92. The largest absolute Gasteiger partial charge is 0.464 e. The molecule has 0 aliphatic rings. The summed E-state index contributed by atoms with van der Waals surface area (Å²) in [5.41, 5.74) is 1.92. The lowest BCUT2D eigenvalue weighted by Crippen LogP contribution is -2.50. The molecule has 8 heteroatoms. The van der Waals surface area contributed by atoms with Crippen molar-refractivity contribution in [1.82, 2.24) is 25.2 Å². The van der Waals surface area contributed by atoms with E-state index in [0.29, 0.717) is 17.0 Å². The maximum atomic E-state index is 13.8. The van der Waals surface area contributed by atoms with Gasteiger partial charge in [-0.05, 0) is 57.0 Å². The second-order valence-electron chi connectivity index (χ2n) is 9.32. The van der Waals surface area contributed by atoms with Crippen LogP contribution < -0.4 is 5.32 Å². The first-order valence-corrected chi connectivity index (χ1v) is 11.8. The van der Waals surface area contributed by atoms with Crippen molar-refractivity contribution in [1.29, 1.82) is 0 Å². The van der Waals surface area contributed by atoms with Crippen LogP contribution in [0.15, 0.2) is 71.1 Å². The number of aromatic nitrogens is 3. The molecule has 2 aromatic carbocycles. The summed E-state index contributed by atoms with van der Waals surface area (Å²) in [6.07, 6.45) is 0.736. The SMILES string of the molecule is CCC(C)(C)NC(=O)[C@@H](c1ccc(C)o1)N(Cc1ccccc1)C(=O)Cn1nnc2ccccc21. The molecule has 0 unspecified atom stereocenters. The highest BCUT2D eigenvalue weighted by molar-refractivity contribution is 5.89. The first-order chi connectivity index (χ1) is 16.8. The standard InChI is InChI=1S/C27H31N5O3/c1-5-27(3,4)28-26(34)25(23-16-15-19(2)35-23)31(17-20-11-7-6-8-12-20)24(33)18-32-22-14-10-9-13-21(22)29-30-32/h6-16,25H,5,17-18H2,1-4H3,(H,28,34)/t25-/m1/s1. The Kier molecular flexibility index (Phi) is 7.00. The van der Waals surface area contributed by atoms with Crippen LogP contribution in [0.1, 0.15) is 50.3 Å². The van der Waals surface area contributed by atoms with Crippen LogP contribution in [0.5, 0.6) is 0 Å². The molecule has 35 heavy (non-hydrogen) atoms. The van der Waals surface area contributed by atoms with Crippen molar-refractivity contribution in [3.63, 3.8) is 0 Å². The van der Waals surface area contributed by atoms with Gasteiger partial charge in [0.25, 0.3) is 5.91 Å². The van der Waals surface area contributed by atoms with Gasteiger partial charge < -0.3 is 14.6 Å². The van der Waals surface area contributed by atoms with Crippen LogP contribution in [-0.2, 0) is 22.7 Å². The monoisotopic (exact) mass is 473 g/mol. The van der Waals surface area contributed by atoms with Crippen molar-refractivity contribution < 1.29 is 14.0 Å². The predicted molar refractivity (Wildman–Crippen MR) is 133 cm³/mol. The topological polar surface area (TPSA) is 93.3 Å². The number of carbonyl (C=O) groups excluding carboxylic acids is 2. The van der Waals surface area contributed by atoms with E-state index in [4.69, 9.17) is 4.42 Å². The summed E-state index contributed by atoms with van der Waals surface area (Å²) in [5, 5.41) is 11.4. The number of hydrogen-bond acceptors (Lipinski definition) is 5. The van der Waals surface area contributed by atoms with Gasteiger partial charge in [-0.3, -0.25) is 9.59 Å². The average Bonchev–Trinajstić information content (AvgIpc) is 3.45. The first-order valence-electron chi connectivity index (χ1n) is 11.8. The van der Waals surface area contributed by atoms with E-state index >= 15 is 0 Å². The second kappa shape index (κ2) is 10.1. The second-order valence-corrected chi connectivity index (χ2v) is 9.32. The van der Waals surface area contributed by atoms with Crippen LogP contribution in [0.4, 0.5) is 0 Å². The number of aryl methyl sites for hydroxylation is 1. The molecule has 2 aromatic heterocycles. The average molecular weight is 474 g/mol. The molecule has 0 fully saturated rings. The molecule has 4 rings (SSSR count). The molecule has 0 saturated heterocycles. The third kappa shape index (κ3) is 5.59. The predicted octanol–water partition coefficient (Wildman–Crippen LogP) is 4.41. The van der Waals surface area contributed by atoms with Crippen molar-refractivity contribution in [3.8, 4) is 0 Å². The van der Waals surface area contributed by atoms with Crippen molar-refractivity contribution in [3.05, 3.63) is 83.8 Å². The maximum Gasteiger partial charge on any atom is 0.251 e. The number of nitrogens with one attached hydrogen (secondary N) is 1. The highest BCUT2D eigenvalue weighted by atomic mass is 16.3.